The highest BCUT2D eigenvalue weighted by Crippen LogP contribution is 2.14. The molecule has 0 bridgehead atoms. The number of aliphatic imine (C=N–C) groups is 1. The van der Waals surface area contributed by atoms with Gasteiger partial charge in [0, 0.05) is 19.6 Å². The third kappa shape index (κ3) is 4.55. The average Bonchev–Trinajstić information content (AvgIpc) is 2.26. The second-order valence-corrected chi connectivity index (χ2v) is 4.37. The topological polar surface area (TPSA) is 18.8 Å². The molecule has 0 N–H and O–H groups in total. The zero-order chi connectivity index (χ0) is 12.0. The number of hydrogen-bond acceptors (Lipinski definition) is 3. The van der Waals surface area contributed by atoms with Crippen molar-refractivity contribution < 1.29 is 0 Å². The Morgan fingerprint density at radius 2 is 1.94 bits per heavy atom. The van der Waals surface area contributed by atoms with Crippen LogP contribution in [-0.2, 0) is 6.54 Å². The Morgan fingerprint density at radius 1 is 1.19 bits per heavy atom. The van der Waals surface area contributed by atoms with E-state index in [-0.39, 0.29) is 0 Å². The molecule has 3 nitrogen and oxygen atoms in total. The van der Waals surface area contributed by atoms with Gasteiger partial charge in [0.2, 0.25) is 0 Å². The van der Waals surface area contributed by atoms with Gasteiger partial charge in [0.05, 0.1) is 5.69 Å². The molecule has 0 fully saturated rings. The van der Waals surface area contributed by atoms with E-state index < -0.39 is 0 Å². The summed E-state index contributed by atoms with van der Waals surface area (Å²) in [7, 11) is 6.32. The summed E-state index contributed by atoms with van der Waals surface area (Å²) in [6.45, 7) is 6.64. The third-order valence-electron chi connectivity index (χ3n) is 2.47. The molecule has 1 aromatic carbocycles. The van der Waals surface area contributed by atoms with E-state index in [9.17, 15) is 0 Å². The van der Waals surface area contributed by atoms with E-state index in [0.717, 1.165) is 25.3 Å². The van der Waals surface area contributed by atoms with Gasteiger partial charge in [-0.3, -0.25) is 4.99 Å². The predicted octanol–water partition coefficient (Wildman–Crippen LogP) is 2.01. The molecule has 0 saturated heterocycles. The molecule has 1 rings (SSSR count). The van der Waals surface area contributed by atoms with Crippen LogP contribution >= 0.6 is 0 Å². The van der Waals surface area contributed by atoms with Crippen LogP contribution < -0.4 is 0 Å². The normalized spacial score (nSPS) is 11.1. The summed E-state index contributed by atoms with van der Waals surface area (Å²) in [5.41, 5.74) is 2.23. The van der Waals surface area contributed by atoms with Gasteiger partial charge in [-0.15, -0.1) is 0 Å². The van der Waals surface area contributed by atoms with E-state index in [4.69, 9.17) is 0 Å². The summed E-state index contributed by atoms with van der Waals surface area (Å²) in [4.78, 5) is 8.44. The third-order valence-corrected chi connectivity index (χ3v) is 2.47. The van der Waals surface area contributed by atoms with Crippen LogP contribution in [0.2, 0.25) is 0 Å². The highest BCUT2D eigenvalue weighted by molar-refractivity contribution is 5.46. The molecule has 0 spiro atoms. The zero-order valence-corrected chi connectivity index (χ0v) is 10.5. The minimum atomic E-state index is 0.943. The average molecular weight is 219 g/mol. The Balaban J connectivity index is 2.48. The maximum absolute atomic E-state index is 3.94. The molecule has 0 atom stereocenters. The molecule has 3 heteroatoms. The lowest BCUT2D eigenvalue weighted by Gasteiger charge is -2.19. The molecule has 0 aliphatic rings. The van der Waals surface area contributed by atoms with Gasteiger partial charge >= 0.3 is 0 Å². The van der Waals surface area contributed by atoms with Crippen molar-refractivity contribution in [2.75, 3.05) is 34.2 Å². The lowest BCUT2D eigenvalue weighted by molar-refractivity contribution is 0.276. The van der Waals surface area contributed by atoms with Gasteiger partial charge in [0.15, 0.2) is 0 Å². The van der Waals surface area contributed by atoms with Crippen molar-refractivity contribution in [2.45, 2.75) is 6.54 Å². The zero-order valence-electron chi connectivity index (χ0n) is 10.5. The Kier molecular flexibility index (Phi) is 5.15. The Bertz CT molecular complexity index is 334. The van der Waals surface area contributed by atoms with Crippen molar-refractivity contribution >= 4 is 12.4 Å². The van der Waals surface area contributed by atoms with Crippen LogP contribution in [0.4, 0.5) is 5.69 Å². The van der Waals surface area contributed by atoms with Crippen molar-refractivity contribution in [3.05, 3.63) is 29.8 Å². The van der Waals surface area contributed by atoms with Gasteiger partial charge in [-0.05, 0) is 45.6 Å². The number of rotatable bonds is 6. The lowest BCUT2D eigenvalue weighted by Crippen LogP contribution is -2.28. The summed E-state index contributed by atoms with van der Waals surface area (Å²) >= 11 is 0. The van der Waals surface area contributed by atoms with Crippen LogP contribution in [0.1, 0.15) is 5.56 Å². The lowest BCUT2D eigenvalue weighted by atomic mass is 10.2. The van der Waals surface area contributed by atoms with Crippen LogP contribution in [0.3, 0.4) is 0 Å². The van der Waals surface area contributed by atoms with Crippen molar-refractivity contribution in [3.63, 3.8) is 0 Å². The summed E-state index contributed by atoms with van der Waals surface area (Å²) in [6.07, 6.45) is 0. The van der Waals surface area contributed by atoms with E-state index in [1.165, 1.54) is 5.56 Å². The monoisotopic (exact) mass is 219 g/mol. The van der Waals surface area contributed by atoms with Crippen LogP contribution in [0.25, 0.3) is 0 Å². The fourth-order valence-electron chi connectivity index (χ4n) is 1.51. The molecule has 0 saturated carbocycles. The van der Waals surface area contributed by atoms with Gasteiger partial charge in [0.1, 0.15) is 0 Å². The fourth-order valence-corrected chi connectivity index (χ4v) is 1.51. The van der Waals surface area contributed by atoms with Crippen LogP contribution in [-0.4, -0.2) is 50.7 Å². The molecule has 88 valence electrons. The van der Waals surface area contributed by atoms with Crippen molar-refractivity contribution in [1.29, 1.82) is 0 Å². The molecule has 1 aromatic rings. The molecule has 0 radical (unpaired) electrons. The first kappa shape index (κ1) is 12.9. The van der Waals surface area contributed by atoms with E-state index in [1.54, 1.807) is 0 Å². The van der Waals surface area contributed by atoms with E-state index in [2.05, 4.69) is 54.8 Å². The first-order valence-corrected chi connectivity index (χ1v) is 5.51. The number of hydrogen-bond donors (Lipinski definition) is 0. The van der Waals surface area contributed by atoms with Crippen LogP contribution in [0.15, 0.2) is 29.3 Å². The molecule has 0 amide bonds. The molecule has 0 aliphatic heterocycles. The SMILES string of the molecule is C=Nc1cccc(CN(C)CCN(C)C)c1. The number of benzene rings is 1. The minimum absolute atomic E-state index is 0.943. The standard InChI is InChI=1S/C13H21N3/c1-14-13-7-5-6-12(10-13)11-16(4)9-8-15(2)3/h5-7,10H,1,8-9,11H2,2-4H3. The maximum Gasteiger partial charge on any atom is 0.0625 e. The second kappa shape index (κ2) is 6.40. The van der Waals surface area contributed by atoms with Gasteiger partial charge in [0.25, 0.3) is 0 Å². The smallest absolute Gasteiger partial charge is 0.0625 e. The van der Waals surface area contributed by atoms with Crippen molar-refractivity contribution in [3.8, 4) is 0 Å². The number of nitrogens with zero attached hydrogens (tertiary/aromatic N) is 3. The summed E-state index contributed by atoms with van der Waals surface area (Å²) in [5.74, 6) is 0. The summed E-state index contributed by atoms with van der Waals surface area (Å²) in [6, 6.07) is 8.20. The van der Waals surface area contributed by atoms with E-state index >= 15 is 0 Å². The quantitative estimate of drug-likeness (QED) is 0.682. The molecule has 16 heavy (non-hydrogen) atoms. The van der Waals surface area contributed by atoms with Crippen molar-refractivity contribution in [1.82, 2.24) is 9.80 Å². The Morgan fingerprint density at radius 3 is 2.56 bits per heavy atom. The summed E-state index contributed by atoms with van der Waals surface area (Å²) < 4.78 is 0. The molecule has 0 heterocycles. The highest BCUT2D eigenvalue weighted by Gasteiger charge is 2.01. The highest BCUT2D eigenvalue weighted by atomic mass is 15.1. The predicted molar refractivity (Wildman–Crippen MR) is 70.5 cm³/mol. The van der Waals surface area contributed by atoms with E-state index in [1.807, 2.05) is 12.1 Å². The van der Waals surface area contributed by atoms with Gasteiger partial charge in [-0.2, -0.15) is 0 Å². The summed E-state index contributed by atoms with van der Waals surface area (Å²) in [5, 5.41) is 0. The molecular formula is C13H21N3. The fraction of sp³-hybridized carbons (Fsp3) is 0.462. The molecule has 0 aliphatic carbocycles. The van der Waals surface area contributed by atoms with E-state index in [0.29, 0.717) is 0 Å². The van der Waals surface area contributed by atoms with Gasteiger partial charge in [-0.1, -0.05) is 12.1 Å². The van der Waals surface area contributed by atoms with Crippen LogP contribution in [0.5, 0.6) is 0 Å². The molecule has 0 aromatic heterocycles. The van der Waals surface area contributed by atoms with Gasteiger partial charge < -0.3 is 9.80 Å². The molecule has 0 unspecified atom stereocenters. The number of likely N-dealkylation sites (N-methyl/N-ethyl adjacent to an activating group) is 2. The van der Waals surface area contributed by atoms with Gasteiger partial charge in [-0.25, -0.2) is 0 Å². The van der Waals surface area contributed by atoms with Crippen LogP contribution in [0, 0.1) is 0 Å². The Labute approximate surface area is 98.4 Å². The second-order valence-electron chi connectivity index (χ2n) is 4.37. The first-order valence-electron chi connectivity index (χ1n) is 5.51. The molecular weight excluding hydrogens is 198 g/mol. The van der Waals surface area contributed by atoms with Crippen molar-refractivity contribution in [2.24, 2.45) is 4.99 Å². The largest absolute Gasteiger partial charge is 0.308 e. The Hall–Kier alpha value is -1.19. The first-order chi connectivity index (χ1) is 7.61. The minimum Gasteiger partial charge on any atom is -0.308 e. The maximum atomic E-state index is 3.94.